The second-order valence-electron chi connectivity index (χ2n) is 14.9. The maximum absolute atomic E-state index is 14.2. The Morgan fingerprint density at radius 3 is 2.17 bits per heavy atom. The van der Waals surface area contributed by atoms with E-state index >= 15 is 0 Å². The van der Waals surface area contributed by atoms with Gasteiger partial charge in [-0.3, -0.25) is 14.4 Å². The first-order valence-electron chi connectivity index (χ1n) is 19.4. The van der Waals surface area contributed by atoms with Crippen LogP contribution in [0.2, 0.25) is 5.02 Å². The number of fused-ring (bicyclic) bond motifs is 2. The molecule has 0 spiro atoms. The van der Waals surface area contributed by atoms with Gasteiger partial charge < -0.3 is 24.8 Å². The number of carbonyl (C=O) groups is 4. The summed E-state index contributed by atoms with van der Waals surface area (Å²) in [6, 6.07) is 41.2. The summed E-state index contributed by atoms with van der Waals surface area (Å²) in [7, 11) is 0. The highest BCUT2D eigenvalue weighted by molar-refractivity contribution is 6.30. The summed E-state index contributed by atoms with van der Waals surface area (Å²) in [5.41, 5.74) is 7.28. The molecule has 6 aromatic carbocycles. The molecule has 2 aliphatic rings. The van der Waals surface area contributed by atoms with E-state index in [1.165, 1.54) is 4.90 Å². The van der Waals surface area contributed by atoms with E-state index in [4.69, 9.17) is 26.3 Å². The number of carboxylic acid groups (broad SMARTS) is 1. The molecule has 8 rings (SSSR count). The van der Waals surface area contributed by atoms with Gasteiger partial charge in [0.05, 0.1) is 11.6 Å². The summed E-state index contributed by atoms with van der Waals surface area (Å²) in [5, 5.41) is 22.7. The molecule has 0 saturated carbocycles. The molecule has 2 N–H and O–H groups in total. The standard InChI is InChI=1S/C49H38ClN3O7/c50-40-18-10-32(11-19-40)29-59-41-20-16-35(17-21-41)46-44(54)25-38-23-37-24-43(53(28-39(37)26-45(38)60-46)48(56)36-4-2-1-3-5-36)47(55)52-42(49(57)58)22-30-6-12-33(13-7-30)34-14-8-31(27-51)9-15-34/h1-21,23,26,42-43,46H,22,24-25,28-29H2,(H,52,55)(H,57,58)/t42-,43-,46?/m0/s1. The molecule has 3 atom stereocenters. The minimum Gasteiger partial charge on any atom is -0.489 e. The van der Waals surface area contributed by atoms with Crippen molar-refractivity contribution in [2.24, 2.45) is 0 Å². The van der Waals surface area contributed by atoms with Crippen LogP contribution in [-0.4, -0.2) is 45.7 Å². The van der Waals surface area contributed by atoms with Crippen molar-refractivity contribution in [3.63, 3.8) is 0 Å². The lowest BCUT2D eigenvalue weighted by molar-refractivity contribution is -0.142. The van der Waals surface area contributed by atoms with Gasteiger partial charge in [0, 0.05) is 47.5 Å². The monoisotopic (exact) mass is 815 g/mol. The summed E-state index contributed by atoms with van der Waals surface area (Å²) in [6.45, 7) is 0.419. The van der Waals surface area contributed by atoms with Crippen LogP contribution < -0.4 is 14.8 Å². The van der Waals surface area contributed by atoms with Crippen molar-refractivity contribution in [1.29, 1.82) is 5.26 Å². The average Bonchev–Trinajstić information content (AvgIpc) is 3.27. The number of ketones is 1. The number of nitriles is 1. The van der Waals surface area contributed by atoms with E-state index in [9.17, 15) is 24.3 Å². The third kappa shape index (κ3) is 8.77. The Balaban J connectivity index is 0.994. The first-order chi connectivity index (χ1) is 29.1. The normalized spacial score (nSPS) is 16.0. The van der Waals surface area contributed by atoms with Gasteiger partial charge in [-0.2, -0.15) is 5.26 Å². The lowest BCUT2D eigenvalue weighted by Crippen LogP contribution is -2.56. The molecule has 0 bridgehead atoms. The van der Waals surface area contributed by atoms with Crippen molar-refractivity contribution in [1.82, 2.24) is 10.2 Å². The molecule has 60 heavy (non-hydrogen) atoms. The van der Waals surface area contributed by atoms with Crippen LogP contribution in [-0.2, 0) is 46.8 Å². The minimum atomic E-state index is -1.27. The Kier molecular flexibility index (Phi) is 11.4. The zero-order valence-corrected chi connectivity index (χ0v) is 33.0. The third-order valence-electron chi connectivity index (χ3n) is 10.9. The average molecular weight is 816 g/mol. The summed E-state index contributed by atoms with van der Waals surface area (Å²) < 4.78 is 12.3. The Morgan fingerprint density at radius 1 is 0.833 bits per heavy atom. The Bertz CT molecular complexity index is 2610. The van der Waals surface area contributed by atoms with Crippen molar-refractivity contribution in [2.45, 2.75) is 50.6 Å². The first kappa shape index (κ1) is 39.6. The van der Waals surface area contributed by atoms with Gasteiger partial charge in [0.2, 0.25) is 5.91 Å². The number of hydrogen-bond donors (Lipinski definition) is 2. The first-order valence-corrected chi connectivity index (χ1v) is 19.8. The van der Waals surface area contributed by atoms with Gasteiger partial charge in [-0.1, -0.05) is 96.5 Å². The summed E-state index contributed by atoms with van der Waals surface area (Å²) >= 11 is 5.99. The van der Waals surface area contributed by atoms with Gasteiger partial charge >= 0.3 is 5.97 Å². The van der Waals surface area contributed by atoms with Crippen molar-refractivity contribution in [2.75, 3.05) is 0 Å². The number of amides is 2. The van der Waals surface area contributed by atoms with Crippen molar-refractivity contribution in [3.05, 3.63) is 189 Å². The Morgan fingerprint density at radius 2 is 1.50 bits per heavy atom. The molecule has 2 heterocycles. The SMILES string of the molecule is N#Cc1ccc(-c2ccc(C[C@H](NC(=O)[C@@H]3Cc4cc5c(cc4CN3C(=O)c3ccccc3)OC(c3ccc(OCc4ccc(Cl)cc4)cc3)C(=O)C5)C(=O)O)cc2)cc1. The largest absolute Gasteiger partial charge is 0.489 e. The molecule has 1 unspecified atom stereocenters. The van der Waals surface area contributed by atoms with Crippen LogP contribution in [0.1, 0.15) is 55.4 Å². The molecular formula is C49H38ClN3O7. The second-order valence-corrected chi connectivity index (χ2v) is 15.3. The van der Waals surface area contributed by atoms with Crippen molar-refractivity contribution < 1.29 is 33.8 Å². The zero-order chi connectivity index (χ0) is 41.8. The van der Waals surface area contributed by atoms with E-state index in [1.807, 2.05) is 72.8 Å². The molecule has 0 aliphatic carbocycles. The molecule has 11 heteroatoms. The van der Waals surface area contributed by atoms with Gasteiger partial charge in [-0.25, -0.2) is 4.79 Å². The van der Waals surface area contributed by atoms with Crippen molar-refractivity contribution in [3.8, 4) is 28.7 Å². The predicted molar refractivity (Wildman–Crippen MR) is 224 cm³/mol. The molecule has 0 aromatic heterocycles. The second kappa shape index (κ2) is 17.3. The molecule has 0 saturated heterocycles. The Hall–Kier alpha value is -7.22. The molecule has 2 aliphatic heterocycles. The number of rotatable bonds is 11. The van der Waals surface area contributed by atoms with Crippen LogP contribution in [0.3, 0.4) is 0 Å². The molecule has 0 radical (unpaired) electrons. The van der Waals surface area contributed by atoms with Gasteiger partial charge in [0.25, 0.3) is 5.91 Å². The molecular weight excluding hydrogens is 778 g/mol. The molecule has 2 amide bonds. The number of ether oxygens (including phenoxy) is 2. The number of hydrogen-bond acceptors (Lipinski definition) is 7. The Labute approximate surface area is 351 Å². The zero-order valence-electron chi connectivity index (χ0n) is 32.2. The van der Waals surface area contributed by atoms with E-state index in [2.05, 4.69) is 11.4 Å². The van der Waals surface area contributed by atoms with E-state index in [0.29, 0.717) is 50.9 Å². The number of halogens is 1. The van der Waals surface area contributed by atoms with Gasteiger partial charge in [0.1, 0.15) is 30.2 Å². The van der Waals surface area contributed by atoms with Crippen LogP contribution >= 0.6 is 11.6 Å². The summed E-state index contributed by atoms with van der Waals surface area (Å²) in [5.74, 6) is -1.16. The number of aliphatic carboxylic acids is 1. The van der Waals surface area contributed by atoms with E-state index in [-0.39, 0.29) is 37.5 Å². The molecule has 10 nitrogen and oxygen atoms in total. The summed E-state index contributed by atoms with van der Waals surface area (Å²) in [6.07, 6.45) is -0.618. The quantitative estimate of drug-likeness (QED) is 0.134. The lowest BCUT2D eigenvalue weighted by atomic mass is 9.87. The number of nitrogens with zero attached hydrogens (tertiary/aromatic N) is 2. The third-order valence-corrected chi connectivity index (χ3v) is 11.1. The van der Waals surface area contributed by atoms with E-state index < -0.39 is 30.1 Å². The number of benzene rings is 6. The van der Waals surface area contributed by atoms with Crippen LogP contribution in [0.5, 0.6) is 11.5 Å². The van der Waals surface area contributed by atoms with E-state index in [0.717, 1.165) is 27.8 Å². The fourth-order valence-electron chi connectivity index (χ4n) is 7.60. The highest BCUT2D eigenvalue weighted by Gasteiger charge is 2.39. The van der Waals surface area contributed by atoms with Gasteiger partial charge in [0.15, 0.2) is 11.9 Å². The highest BCUT2D eigenvalue weighted by atomic mass is 35.5. The molecule has 298 valence electrons. The van der Waals surface area contributed by atoms with Crippen molar-refractivity contribution >= 4 is 35.2 Å². The van der Waals surface area contributed by atoms with Crippen LogP contribution in [0.4, 0.5) is 0 Å². The fourth-order valence-corrected chi connectivity index (χ4v) is 7.72. The fraction of sp³-hybridized carbons (Fsp3) is 0.163. The number of carboxylic acids is 1. The highest BCUT2D eigenvalue weighted by Crippen LogP contribution is 2.38. The number of nitrogens with one attached hydrogen (secondary N) is 1. The van der Waals surface area contributed by atoms with Gasteiger partial charge in [-0.05, 0) is 88.0 Å². The maximum Gasteiger partial charge on any atom is 0.326 e. The molecule has 6 aromatic rings. The number of carbonyl (C=O) groups excluding carboxylic acids is 3. The molecule has 0 fully saturated rings. The van der Waals surface area contributed by atoms with Crippen LogP contribution in [0, 0.1) is 11.3 Å². The minimum absolute atomic E-state index is 0.0119. The summed E-state index contributed by atoms with van der Waals surface area (Å²) in [4.78, 5) is 55.8. The number of Topliss-reactive ketones (excluding diaryl/α,β-unsaturated/α-hetero) is 1. The van der Waals surface area contributed by atoms with Gasteiger partial charge in [-0.15, -0.1) is 0 Å². The smallest absolute Gasteiger partial charge is 0.326 e. The van der Waals surface area contributed by atoms with Crippen LogP contribution in [0.15, 0.2) is 140 Å². The van der Waals surface area contributed by atoms with E-state index in [1.54, 1.807) is 66.7 Å². The van der Waals surface area contributed by atoms with Crippen LogP contribution in [0.25, 0.3) is 11.1 Å². The predicted octanol–water partition coefficient (Wildman–Crippen LogP) is 8.08. The topological polar surface area (TPSA) is 146 Å². The lowest BCUT2D eigenvalue weighted by Gasteiger charge is -2.37. The maximum atomic E-state index is 14.2.